The van der Waals surface area contributed by atoms with Gasteiger partial charge in [0.05, 0.1) is 11.3 Å². The molecular weight excluding hydrogens is 456 g/mol. The van der Waals surface area contributed by atoms with Crippen molar-refractivity contribution in [2.75, 3.05) is 49.5 Å². The van der Waals surface area contributed by atoms with Crippen molar-refractivity contribution in [3.63, 3.8) is 0 Å². The maximum Gasteiger partial charge on any atom is 0.272 e. The normalized spacial score (nSPS) is 13.6. The highest BCUT2D eigenvalue weighted by atomic mass is 16.2. The molecule has 190 valence electrons. The average Bonchev–Trinajstić information content (AvgIpc) is 3.43. The number of aryl methyl sites for hydroxylation is 1. The number of hydrogen-bond acceptors (Lipinski definition) is 7. The Bertz CT molecular complexity index is 1120. The Hall–Kier alpha value is -3.95. The fraction of sp³-hybridized carbons (Fsp3) is 0.423. The number of rotatable bonds is 10. The standard InChI is InChI=1S/C26H34N8O2/c1-19(2)17-31-21-5-3-9-29-24(21)33-13-15-34(16-14-33)26(36)22-8-7-20(18-32-22)25(35)30-10-4-6-23-27-11-12-28-23/h3,5,7-9,11-12,18-19,31H,4,6,10,13-17H2,1-2H3,(H,27,28)(H,30,35). The first-order valence-corrected chi connectivity index (χ1v) is 12.5. The molecule has 0 bridgehead atoms. The van der Waals surface area contributed by atoms with Crippen LogP contribution < -0.4 is 15.5 Å². The molecule has 0 saturated carbocycles. The van der Waals surface area contributed by atoms with Gasteiger partial charge in [0.2, 0.25) is 0 Å². The van der Waals surface area contributed by atoms with Gasteiger partial charge < -0.3 is 25.4 Å². The fourth-order valence-corrected chi connectivity index (χ4v) is 4.03. The second kappa shape index (κ2) is 12.1. The molecule has 1 saturated heterocycles. The molecule has 0 radical (unpaired) electrons. The largest absolute Gasteiger partial charge is 0.382 e. The summed E-state index contributed by atoms with van der Waals surface area (Å²) in [7, 11) is 0. The van der Waals surface area contributed by atoms with E-state index in [-0.39, 0.29) is 11.8 Å². The van der Waals surface area contributed by atoms with Gasteiger partial charge in [0.15, 0.2) is 5.82 Å². The summed E-state index contributed by atoms with van der Waals surface area (Å²) in [5.41, 5.74) is 1.79. The topological polar surface area (TPSA) is 119 Å². The first-order valence-electron chi connectivity index (χ1n) is 12.5. The molecule has 0 spiro atoms. The monoisotopic (exact) mass is 490 g/mol. The number of imidazole rings is 1. The van der Waals surface area contributed by atoms with Crippen LogP contribution in [0, 0.1) is 5.92 Å². The summed E-state index contributed by atoms with van der Waals surface area (Å²) in [4.78, 5) is 45.5. The Morgan fingerprint density at radius 1 is 1.06 bits per heavy atom. The summed E-state index contributed by atoms with van der Waals surface area (Å²) in [6, 6.07) is 7.25. The number of aromatic amines is 1. The van der Waals surface area contributed by atoms with Gasteiger partial charge in [-0.1, -0.05) is 13.8 Å². The van der Waals surface area contributed by atoms with Crippen LogP contribution >= 0.6 is 0 Å². The minimum Gasteiger partial charge on any atom is -0.382 e. The van der Waals surface area contributed by atoms with Crippen LogP contribution in [0.4, 0.5) is 11.5 Å². The van der Waals surface area contributed by atoms with Crippen LogP contribution in [0.5, 0.6) is 0 Å². The van der Waals surface area contributed by atoms with Crippen molar-refractivity contribution >= 4 is 23.3 Å². The van der Waals surface area contributed by atoms with Crippen LogP contribution in [0.3, 0.4) is 0 Å². The van der Waals surface area contributed by atoms with E-state index >= 15 is 0 Å². The zero-order valence-corrected chi connectivity index (χ0v) is 20.9. The minimum absolute atomic E-state index is 0.126. The van der Waals surface area contributed by atoms with Crippen molar-refractivity contribution in [2.45, 2.75) is 26.7 Å². The molecule has 0 atom stereocenters. The predicted molar refractivity (Wildman–Crippen MR) is 139 cm³/mol. The van der Waals surface area contributed by atoms with Crippen LogP contribution in [0.1, 0.15) is 46.9 Å². The van der Waals surface area contributed by atoms with Crippen LogP contribution in [0.2, 0.25) is 0 Å². The molecule has 3 N–H and O–H groups in total. The average molecular weight is 491 g/mol. The van der Waals surface area contributed by atoms with E-state index in [2.05, 4.69) is 49.3 Å². The van der Waals surface area contributed by atoms with Crippen molar-refractivity contribution < 1.29 is 9.59 Å². The summed E-state index contributed by atoms with van der Waals surface area (Å²) in [6.07, 6.45) is 8.31. The molecule has 1 aliphatic heterocycles. The third kappa shape index (κ3) is 6.59. The number of nitrogens with one attached hydrogen (secondary N) is 3. The number of anilines is 2. The third-order valence-electron chi connectivity index (χ3n) is 6.03. The highest BCUT2D eigenvalue weighted by molar-refractivity contribution is 5.96. The van der Waals surface area contributed by atoms with Gasteiger partial charge in [0.1, 0.15) is 11.5 Å². The van der Waals surface area contributed by atoms with E-state index < -0.39 is 0 Å². The van der Waals surface area contributed by atoms with Gasteiger partial charge in [-0.3, -0.25) is 14.6 Å². The van der Waals surface area contributed by atoms with E-state index in [4.69, 9.17) is 0 Å². The van der Waals surface area contributed by atoms with Crippen molar-refractivity contribution in [1.82, 2.24) is 30.2 Å². The van der Waals surface area contributed by atoms with Crippen LogP contribution in [0.15, 0.2) is 49.1 Å². The number of carbonyl (C=O) groups excluding carboxylic acids is 2. The lowest BCUT2D eigenvalue weighted by Gasteiger charge is -2.36. The maximum atomic E-state index is 13.0. The maximum absolute atomic E-state index is 13.0. The molecule has 10 nitrogen and oxygen atoms in total. The van der Waals surface area contributed by atoms with Crippen molar-refractivity contribution in [2.24, 2.45) is 5.92 Å². The Kier molecular flexibility index (Phi) is 8.48. The molecule has 3 aromatic heterocycles. The molecule has 0 aliphatic carbocycles. The van der Waals surface area contributed by atoms with E-state index in [1.807, 2.05) is 12.1 Å². The van der Waals surface area contributed by atoms with E-state index in [0.29, 0.717) is 49.9 Å². The molecule has 1 fully saturated rings. The van der Waals surface area contributed by atoms with Gasteiger partial charge in [-0.05, 0) is 36.6 Å². The van der Waals surface area contributed by atoms with Crippen molar-refractivity contribution in [3.8, 4) is 0 Å². The summed E-state index contributed by atoms with van der Waals surface area (Å²) < 4.78 is 0. The van der Waals surface area contributed by atoms with Gasteiger partial charge in [-0.25, -0.2) is 9.97 Å². The Morgan fingerprint density at radius 3 is 2.58 bits per heavy atom. The summed E-state index contributed by atoms with van der Waals surface area (Å²) in [6.45, 7) is 8.30. The van der Waals surface area contributed by atoms with Crippen molar-refractivity contribution in [1.29, 1.82) is 0 Å². The quantitative estimate of drug-likeness (QED) is 0.374. The summed E-state index contributed by atoms with van der Waals surface area (Å²) >= 11 is 0. The molecule has 10 heteroatoms. The third-order valence-corrected chi connectivity index (χ3v) is 6.03. The number of amides is 2. The minimum atomic E-state index is -0.202. The number of carbonyl (C=O) groups is 2. The Balaban J connectivity index is 1.26. The Morgan fingerprint density at radius 2 is 1.89 bits per heavy atom. The second-order valence-corrected chi connectivity index (χ2v) is 9.26. The summed E-state index contributed by atoms with van der Waals surface area (Å²) in [5, 5.41) is 6.36. The molecule has 0 aromatic carbocycles. The van der Waals surface area contributed by atoms with Crippen LogP contribution in [-0.2, 0) is 6.42 Å². The van der Waals surface area contributed by atoms with Crippen molar-refractivity contribution in [3.05, 3.63) is 66.1 Å². The number of piperazine rings is 1. The molecule has 36 heavy (non-hydrogen) atoms. The number of pyridine rings is 2. The van der Waals surface area contributed by atoms with Crippen LogP contribution in [-0.4, -0.2) is 75.9 Å². The van der Waals surface area contributed by atoms with Gasteiger partial charge in [-0.15, -0.1) is 0 Å². The first kappa shape index (κ1) is 25.2. The zero-order chi connectivity index (χ0) is 25.3. The first-order chi connectivity index (χ1) is 17.5. The lowest BCUT2D eigenvalue weighted by atomic mass is 10.2. The molecule has 3 aromatic rings. The number of hydrogen-bond donors (Lipinski definition) is 3. The lowest BCUT2D eigenvalue weighted by molar-refractivity contribution is 0.0740. The zero-order valence-electron chi connectivity index (χ0n) is 20.9. The fourth-order valence-electron chi connectivity index (χ4n) is 4.03. The summed E-state index contributed by atoms with van der Waals surface area (Å²) in [5.74, 6) is 2.02. The number of H-pyrrole nitrogens is 1. The highest BCUT2D eigenvalue weighted by Gasteiger charge is 2.25. The Labute approximate surface area is 211 Å². The molecule has 4 rings (SSSR count). The van der Waals surface area contributed by atoms with Gasteiger partial charge in [0, 0.05) is 70.5 Å². The molecule has 2 amide bonds. The molecular formula is C26H34N8O2. The van der Waals surface area contributed by atoms with E-state index in [1.165, 1.54) is 6.20 Å². The molecule has 0 unspecified atom stereocenters. The van der Waals surface area contributed by atoms with E-state index in [1.54, 1.807) is 35.6 Å². The smallest absolute Gasteiger partial charge is 0.272 e. The predicted octanol–water partition coefficient (Wildman–Crippen LogP) is 2.59. The van der Waals surface area contributed by atoms with Gasteiger partial charge in [-0.2, -0.15) is 0 Å². The SMILES string of the molecule is CC(C)CNc1cccnc1N1CCN(C(=O)c2ccc(C(=O)NCCCc3ncc[nH]3)cn2)CC1. The van der Waals surface area contributed by atoms with Gasteiger partial charge >= 0.3 is 0 Å². The highest BCUT2D eigenvalue weighted by Crippen LogP contribution is 2.24. The van der Waals surface area contributed by atoms with E-state index in [9.17, 15) is 9.59 Å². The molecule has 4 heterocycles. The van der Waals surface area contributed by atoms with Crippen LogP contribution in [0.25, 0.3) is 0 Å². The molecule has 1 aliphatic rings. The van der Waals surface area contributed by atoms with Gasteiger partial charge in [0.25, 0.3) is 11.8 Å². The second-order valence-electron chi connectivity index (χ2n) is 9.26. The van der Waals surface area contributed by atoms with E-state index in [0.717, 1.165) is 36.7 Å². The number of nitrogens with zero attached hydrogens (tertiary/aromatic N) is 5. The number of aromatic nitrogens is 4. The lowest BCUT2D eigenvalue weighted by Crippen LogP contribution is -2.49.